The van der Waals surface area contributed by atoms with Crippen LogP contribution in [0.2, 0.25) is 0 Å². The Kier molecular flexibility index (Phi) is 2.98. The van der Waals surface area contributed by atoms with Gasteiger partial charge in [-0.1, -0.05) is 12.6 Å². The number of hydrogen-bond donors (Lipinski definition) is 0. The second-order valence-corrected chi connectivity index (χ2v) is 4.55. The Morgan fingerprint density at radius 2 is 1.67 bits per heavy atom. The van der Waals surface area contributed by atoms with Gasteiger partial charge in [-0.15, -0.1) is 0 Å². The van der Waals surface area contributed by atoms with E-state index in [1.54, 1.807) is 12.5 Å². The summed E-state index contributed by atoms with van der Waals surface area (Å²) in [7, 11) is -0.369. The second-order valence-electron chi connectivity index (χ2n) is 4.55. The lowest BCUT2D eigenvalue weighted by Crippen LogP contribution is -2.41. The molecule has 1 fully saturated rings. The quantitative estimate of drug-likeness (QED) is 0.662. The summed E-state index contributed by atoms with van der Waals surface area (Å²) >= 11 is 0. The lowest BCUT2D eigenvalue weighted by atomic mass is 9.82. The summed E-state index contributed by atoms with van der Waals surface area (Å²) in [6, 6.07) is 0. The molecular weight excluding hydrogens is 193 g/mol. The zero-order chi connectivity index (χ0) is 10.4. The van der Waals surface area contributed by atoms with E-state index in [4.69, 9.17) is 13.8 Å². The predicted molar refractivity (Wildman–Crippen MR) is 59.0 cm³/mol. The van der Waals surface area contributed by atoms with Crippen LogP contribution in [0.1, 0.15) is 35.1 Å². The maximum atomic E-state index is 5.79. The molecule has 0 bridgehead atoms. The van der Waals surface area contributed by atoms with Crippen molar-refractivity contribution in [1.82, 2.24) is 5.16 Å². The summed E-state index contributed by atoms with van der Waals surface area (Å²) < 4.78 is 16.3. The van der Waals surface area contributed by atoms with E-state index in [-0.39, 0.29) is 25.7 Å². The second kappa shape index (κ2) is 3.65. The van der Waals surface area contributed by atoms with E-state index in [2.05, 4.69) is 5.16 Å². The Bertz CT molecular complexity index is 305. The van der Waals surface area contributed by atoms with Gasteiger partial charge >= 0.3 is 7.12 Å². The van der Waals surface area contributed by atoms with Crippen LogP contribution in [0.5, 0.6) is 0 Å². The van der Waals surface area contributed by atoms with Crippen LogP contribution in [0.15, 0.2) is 17.0 Å². The van der Waals surface area contributed by atoms with Gasteiger partial charge in [0.05, 0.1) is 17.4 Å². The Morgan fingerprint density at radius 3 is 2.07 bits per heavy atom. The Morgan fingerprint density at radius 1 is 1.13 bits per heavy atom. The van der Waals surface area contributed by atoms with Crippen molar-refractivity contribution >= 4 is 12.6 Å². The third-order valence-corrected chi connectivity index (χ3v) is 2.98. The van der Waals surface area contributed by atoms with Crippen LogP contribution in [0.3, 0.4) is 0 Å². The van der Waals surface area contributed by atoms with Gasteiger partial charge in [-0.25, -0.2) is 0 Å². The molecule has 1 aromatic heterocycles. The minimum Gasteiger partial charge on any atom is -0.399 e. The number of rotatable bonds is 1. The Balaban J connectivity index is 0.00000112. The minimum atomic E-state index is -0.369. The molecule has 2 heterocycles. The van der Waals surface area contributed by atoms with Gasteiger partial charge in [0.2, 0.25) is 0 Å². The molecule has 0 aromatic carbocycles. The first-order valence-corrected chi connectivity index (χ1v) is 4.67. The van der Waals surface area contributed by atoms with Crippen molar-refractivity contribution in [2.24, 2.45) is 0 Å². The molecule has 15 heavy (non-hydrogen) atoms. The molecule has 1 saturated heterocycles. The Hall–Kier alpha value is -0.805. The first-order valence-electron chi connectivity index (χ1n) is 4.67. The van der Waals surface area contributed by atoms with Crippen molar-refractivity contribution in [3.63, 3.8) is 0 Å². The highest BCUT2D eigenvalue weighted by molar-refractivity contribution is 6.61. The highest BCUT2D eigenvalue weighted by Gasteiger charge is 2.52. The van der Waals surface area contributed by atoms with Crippen LogP contribution in [-0.4, -0.2) is 23.5 Å². The van der Waals surface area contributed by atoms with Crippen LogP contribution >= 0.6 is 0 Å². The van der Waals surface area contributed by atoms with E-state index in [0.29, 0.717) is 0 Å². The minimum absolute atomic E-state index is 0. The van der Waals surface area contributed by atoms with Crippen molar-refractivity contribution in [2.75, 3.05) is 0 Å². The van der Waals surface area contributed by atoms with Gasteiger partial charge in [0.15, 0.2) is 0 Å². The van der Waals surface area contributed by atoms with Gasteiger partial charge in [0, 0.05) is 5.46 Å². The third-order valence-electron chi connectivity index (χ3n) is 2.98. The third kappa shape index (κ3) is 1.94. The summed E-state index contributed by atoms with van der Waals surface area (Å²) in [6.07, 6.45) is 3.16. The van der Waals surface area contributed by atoms with Gasteiger partial charge < -0.3 is 13.8 Å². The highest BCUT2D eigenvalue weighted by atomic mass is 16.7. The molecular formula is C10H18BNO3. The SMILES string of the molecule is C.CC1(C)OB(c2cnoc2)OC1(C)C. The van der Waals surface area contributed by atoms with E-state index in [1.165, 1.54) is 0 Å². The highest BCUT2D eigenvalue weighted by Crippen LogP contribution is 2.36. The predicted octanol–water partition coefficient (Wildman–Crippen LogP) is 1.61. The first-order chi connectivity index (χ1) is 6.42. The molecule has 1 aromatic rings. The monoisotopic (exact) mass is 211 g/mol. The molecule has 2 rings (SSSR count). The maximum Gasteiger partial charge on any atom is 0.499 e. The van der Waals surface area contributed by atoms with Crippen LogP contribution in [-0.2, 0) is 9.31 Å². The topological polar surface area (TPSA) is 44.5 Å². The van der Waals surface area contributed by atoms with Crippen molar-refractivity contribution in [1.29, 1.82) is 0 Å². The molecule has 0 aliphatic carbocycles. The normalized spacial score (nSPS) is 22.5. The summed E-state index contributed by atoms with van der Waals surface area (Å²) in [4.78, 5) is 0. The summed E-state index contributed by atoms with van der Waals surface area (Å²) in [5, 5.41) is 3.63. The molecule has 1 aliphatic rings. The van der Waals surface area contributed by atoms with E-state index in [0.717, 1.165) is 5.46 Å². The molecule has 0 spiro atoms. The van der Waals surface area contributed by atoms with Crippen molar-refractivity contribution in [3.05, 3.63) is 12.5 Å². The molecule has 0 saturated carbocycles. The van der Waals surface area contributed by atoms with E-state index in [9.17, 15) is 0 Å². The molecule has 0 N–H and O–H groups in total. The molecule has 0 unspecified atom stereocenters. The average molecular weight is 211 g/mol. The molecule has 84 valence electrons. The molecule has 0 atom stereocenters. The Labute approximate surface area is 91.1 Å². The van der Waals surface area contributed by atoms with Gasteiger partial charge in [-0.05, 0) is 27.7 Å². The lowest BCUT2D eigenvalue weighted by molar-refractivity contribution is 0.00578. The smallest absolute Gasteiger partial charge is 0.399 e. The average Bonchev–Trinajstić information content (AvgIpc) is 2.58. The first kappa shape index (κ1) is 12.3. The fraction of sp³-hybridized carbons (Fsp3) is 0.700. The number of nitrogens with zero attached hydrogens (tertiary/aromatic N) is 1. The van der Waals surface area contributed by atoms with Gasteiger partial charge in [-0.2, -0.15) is 0 Å². The standard InChI is InChI=1S/C9H14BNO3.CH4/c1-8(2)9(3,4)14-10(13-8)7-5-11-12-6-7;/h5-6H,1-4H3;1H4. The summed E-state index contributed by atoms with van der Waals surface area (Å²) in [6.45, 7) is 8.06. The van der Waals surface area contributed by atoms with Crippen molar-refractivity contribution < 1.29 is 13.8 Å². The van der Waals surface area contributed by atoms with Crippen molar-refractivity contribution in [2.45, 2.75) is 46.3 Å². The van der Waals surface area contributed by atoms with Crippen molar-refractivity contribution in [3.8, 4) is 0 Å². The van der Waals surface area contributed by atoms with E-state index >= 15 is 0 Å². The van der Waals surface area contributed by atoms with Gasteiger partial charge in [0.1, 0.15) is 6.26 Å². The van der Waals surface area contributed by atoms with Crippen LogP contribution < -0.4 is 5.46 Å². The fourth-order valence-electron chi connectivity index (χ4n) is 1.31. The van der Waals surface area contributed by atoms with E-state index in [1.807, 2.05) is 27.7 Å². The van der Waals surface area contributed by atoms with Gasteiger partial charge in [0.25, 0.3) is 0 Å². The molecule has 1 aliphatic heterocycles. The summed E-state index contributed by atoms with van der Waals surface area (Å²) in [5.74, 6) is 0. The van der Waals surface area contributed by atoms with Crippen LogP contribution in [0.4, 0.5) is 0 Å². The number of hydrogen-bond acceptors (Lipinski definition) is 4. The number of aromatic nitrogens is 1. The molecule has 0 radical (unpaired) electrons. The molecule has 5 heteroatoms. The maximum absolute atomic E-state index is 5.79. The molecule has 4 nitrogen and oxygen atoms in total. The zero-order valence-electron chi connectivity index (χ0n) is 8.90. The fourth-order valence-corrected chi connectivity index (χ4v) is 1.31. The lowest BCUT2D eigenvalue weighted by Gasteiger charge is -2.32. The van der Waals surface area contributed by atoms with Gasteiger partial charge in [-0.3, -0.25) is 0 Å². The van der Waals surface area contributed by atoms with Crippen LogP contribution in [0, 0.1) is 0 Å². The van der Waals surface area contributed by atoms with E-state index < -0.39 is 0 Å². The molecule has 0 amide bonds. The zero-order valence-corrected chi connectivity index (χ0v) is 8.90. The summed E-state index contributed by atoms with van der Waals surface area (Å²) in [5.41, 5.74) is 0.202. The largest absolute Gasteiger partial charge is 0.499 e. The van der Waals surface area contributed by atoms with Crippen LogP contribution in [0.25, 0.3) is 0 Å².